The van der Waals surface area contributed by atoms with E-state index in [4.69, 9.17) is 4.74 Å². The zero-order chi connectivity index (χ0) is 16.6. The lowest BCUT2D eigenvalue weighted by Gasteiger charge is -2.26. The van der Waals surface area contributed by atoms with Crippen molar-refractivity contribution in [3.8, 4) is 0 Å². The summed E-state index contributed by atoms with van der Waals surface area (Å²) in [6.07, 6.45) is 1.69. The van der Waals surface area contributed by atoms with E-state index in [0.29, 0.717) is 5.69 Å². The van der Waals surface area contributed by atoms with Gasteiger partial charge in [0.2, 0.25) is 0 Å². The second kappa shape index (κ2) is 8.42. The smallest absolute Gasteiger partial charge is 0.274 e. The number of carbonyl (C=O) groups excluding carboxylic acids is 1. The Morgan fingerprint density at radius 1 is 1.08 bits per heavy atom. The van der Waals surface area contributed by atoms with E-state index in [0.717, 1.165) is 50.8 Å². The first kappa shape index (κ1) is 16.4. The molecule has 1 saturated heterocycles. The van der Waals surface area contributed by atoms with Gasteiger partial charge in [-0.25, -0.2) is 4.98 Å². The molecule has 3 rings (SSSR count). The van der Waals surface area contributed by atoms with Crippen LogP contribution in [0.1, 0.15) is 10.5 Å². The summed E-state index contributed by atoms with van der Waals surface area (Å²) in [5.74, 6) is -0.207. The van der Waals surface area contributed by atoms with Crippen LogP contribution < -0.4 is 10.6 Å². The number of nitrogens with zero attached hydrogens (tertiary/aromatic N) is 2. The highest BCUT2D eigenvalue weighted by Crippen LogP contribution is 2.10. The van der Waals surface area contributed by atoms with Crippen LogP contribution in [0.15, 0.2) is 48.7 Å². The third-order valence-corrected chi connectivity index (χ3v) is 3.89. The largest absolute Gasteiger partial charge is 0.383 e. The molecule has 0 atom stereocenters. The maximum atomic E-state index is 12.1. The van der Waals surface area contributed by atoms with Crippen molar-refractivity contribution in [3.05, 3.63) is 54.4 Å². The van der Waals surface area contributed by atoms with Gasteiger partial charge in [0.1, 0.15) is 5.69 Å². The molecule has 1 aromatic heterocycles. The number of morpholine rings is 1. The number of benzene rings is 1. The van der Waals surface area contributed by atoms with Crippen LogP contribution >= 0.6 is 0 Å². The van der Waals surface area contributed by atoms with Crippen LogP contribution in [0.4, 0.5) is 11.4 Å². The second-order valence-electron chi connectivity index (χ2n) is 5.63. The first-order valence-corrected chi connectivity index (χ1v) is 8.18. The number of nitrogens with one attached hydrogen (secondary N) is 2. The van der Waals surface area contributed by atoms with E-state index in [9.17, 15) is 4.79 Å². The number of ether oxygens (including phenoxy) is 1. The maximum absolute atomic E-state index is 12.1. The molecule has 0 unspecified atom stereocenters. The Hall–Kier alpha value is -2.44. The molecule has 1 aliphatic rings. The fourth-order valence-corrected chi connectivity index (χ4v) is 2.53. The van der Waals surface area contributed by atoms with Crippen LogP contribution in [0.5, 0.6) is 0 Å². The summed E-state index contributed by atoms with van der Waals surface area (Å²) in [7, 11) is 0. The molecule has 1 fully saturated rings. The molecule has 0 saturated carbocycles. The van der Waals surface area contributed by atoms with E-state index in [1.165, 1.54) is 0 Å². The van der Waals surface area contributed by atoms with Gasteiger partial charge >= 0.3 is 0 Å². The number of carbonyl (C=O) groups is 1. The van der Waals surface area contributed by atoms with E-state index in [-0.39, 0.29) is 5.91 Å². The highest BCUT2D eigenvalue weighted by atomic mass is 16.5. The van der Waals surface area contributed by atoms with Crippen LogP contribution in [0.2, 0.25) is 0 Å². The molecule has 6 nitrogen and oxygen atoms in total. The van der Waals surface area contributed by atoms with Crippen molar-refractivity contribution in [2.24, 2.45) is 0 Å². The van der Waals surface area contributed by atoms with E-state index >= 15 is 0 Å². The van der Waals surface area contributed by atoms with Crippen molar-refractivity contribution in [3.63, 3.8) is 0 Å². The normalized spacial score (nSPS) is 15.0. The Morgan fingerprint density at radius 2 is 1.88 bits per heavy atom. The zero-order valence-electron chi connectivity index (χ0n) is 13.6. The Balaban J connectivity index is 1.47. The molecule has 1 amide bonds. The second-order valence-corrected chi connectivity index (χ2v) is 5.63. The average Bonchev–Trinajstić information content (AvgIpc) is 2.64. The van der Waals surface area contributed by atoms with Gasteiger partial charge in [0, 0.05) is 31.9 Å². The molecule has 2 heterocycles. The molecular weight excluding hydrogens is 304 g/mol. The molecule has 0 bridgehead atoms. The van der Waals surface area contributed by atoms with Crippen molar-refractivity contribution < 1.29 is 9.53 Å². The molecule has 0 aliphatic carbocycles. The zero-order valence-corrected chi connectivity index (χ0v) is 13.6. The third kappa shape index (κ3) is 4.78. The number of para-hydroxylation sites is 1. The molecule has 0 spiro atoms. The molecule has 2 N–H and O–H groups in total. The standard InChI is InChI=1S/C18H22N4O2/c23-18(21-15-4-2-1-3-5-15)17-7-6-16(14-20-17)19-8-9-22-10-12-24-13-11-22/h1-7,14,19H,8-13H2,(H,21,23). The van der Waals surface area contributed by atoms with Gasteiger partial charge in [-0.1, -0.05) is 18.2 Å². The topological polar surface area (TPSA) is 66.5 Å². The lowest BCUT2D eigenvalue weighted by atomic mass is 10.3. The summed E-state index contributed by atoms with van der Waals surface area (Å²) in [4.78, 5) is 18.7. The van der Waals surface area contributed by atoms with E-state index in [1.807, 2.05) is 36.4 Å². The molecule has 6 heteroatoms. The van der Waals surface area contributed by atoms with Crippen molar-refractivity contribution in [2.75, 3.05) is 50.0 Å². The van der Waals surface area contributed by atoms with Crippen molar-refractivity contribution in [2.45, 2.75) is 0 Å². The monoisotopic (exact) mass is 326 g/mol. The highest BCUT2D eigenvalue weighted by molar-refractivity contribution is 6.02. The Labute approximate surface area is 141 Å². The Kier molecular flexibility index (Phi) is 5.76. The molecule has 126 valence electrons. The van der Waals surface area contributed by atoms with Gasteiger partial charge in [0.05, 0.1) is 25.1 Å². The molecule has 1 aliphatic heterocycles. The summed E-state index contributed by atoms with van der Waals surface area (Å²) in [6.45, 7) is 5.41. The first-order valence-electron chi connectivity index (χ1n) is 8.18. The van der Waals surface area contributed by atoms with E-state index in [1.54, 1.807) is 12.3 Å². The summed E-state index contributed by atoms with van der Waals surface area (Å²) >= 11 is 0. The van der Waals surface area contributed by atoms with Gasteiger partial charge in [-0.3, -0.25) is 9.69 Å². The predicted octanol–water partition coefficient (Wildman–Crippen LogP) is 2.08. The summed E-state index contributed by atoms with van der Waals surface area (Å²) in [6, 6.07) is 13.0. The maximum Gasteiger partial charge on any atom is 0.274 e. The van der Waals surface area contributed by atoms with E-state index in [2.05, 4.69) is 20.5 Å². The molecule has 0 radical (unpaired) electrons. The van der Waals surface area contributed by atoms with Crippen molar-refractivity contribution >= 4 is 17.3 Å². The summed E-state index contributed by atoms with van der Waals surface area (Å²) < 4.78 is 5.33. The van der Waals surface area contributed by atoms with Gasteiger partial charge in [0.25, 0.3) is 5.91 Å². The number of hydrogen-bond donors (Lipinski definition) is 2. The number of pyridine rings is 1. The summed E-state index contributed by atoms with van der Waals surface area (Å²) in [5, 5.41) is 6.15. The van der Waals surface area contributed by atoms with Gasteiger partial charge < -0.3 is 15.4 Å². The third-order valence-electron chi connectivity index (χ3n) is 3.89. The fraction of sp³-hybridized carbons (Fsp3) is 0.333. The number of rotatable bonds is 6. The quantitative estimate of drug-likeness (QED) is 0.851. The number of amides is 1. The Morgan fingerprint density at radius 3 is 2.58 bits per heavy atom. The summed E-state index contributed by atoms with van der Waals surface area (Å²) in [5.41, 5.74) is 2.08. The van der Waals surface area contributed by atoms with Crippen molar-refractivity contribution in [1.82, 2.24) is 9.88 Å². The fourth-order valence-electron chi connectivity index (χ4n) is 2.53. The molecule has 2 aromatic rings. The van der Waals surface area contributed by atoms with Gasteiger partial charge in [-0.05, 0) is 24.3 Å². The SMILES string of the molecule is O=C(Nc1ccccc1)c1ccc(NCCN2CCOCC2)cn1. The number of aromatic nitrogens is 1. The Bertz CT molecular complexity index is 640. The molecule has 24 heavy (non-hydrogen) atoms. The molecular formula is C18H22N4O2. The van der Waals surface area contributed by atoms with Crippen LogP contribution in [0.25, 0.3) is 0 Å². The minimum atomic E-state index is -0.207. The average molecular weight is 326 g/mol. The van der Waals surface area contributed by atoms with Crippen LogP contribution in [-0.4, -0.2) is 55.2 Å². The first-order chi connectivity index (χ1) is 11.8. The van der Waals surface area contributed by atoms with Crippen LogP contribution in [0.3, 0.4) is 0 Å². The predicted molar refractivity (Wildman–Crippen MR) is 94.4 cm³/mol. The number of anilines is 2. The van der Waals surface area contributed by atoms with Gasteiger partial charge in [-0.15, -0.1) is 0 Å². The van der Waals surface area contributed by atoms with Crippen LogP contribution in [0, 0.1) is 0 Å². The van der Waals surface area contributed by atoms with Crippen molar-refractivity contribution in [1.29, 1.82) is 0 Å². The lowest BCUT2D eigenvalue weighted by molar-refractivity contribution is 0.0398. The minimum absolute atomic E-state index is 0.207. The lowest BCUT2D eigenvalue weighted by Crippen LogP contribution is -2.39. The van der Waals surface area contributed by atoms with Gasteiger partial charge in [-0.2, -0.15) is 0 Å². The minimum Gasteiger partial charge on any atom is -0.383 e. The van der Waals surface area contributed by atoms with Crippen LogP contribution in [-0.2, 0) is 4.74 Å². The highest BCUT2D eigenvalue weighted by Gasteiger charge is 2.10. The number of hydrogen-bond acceptors (Lipinski definition) is 5. The van der Waals surface area contributed by atoms with E-state index < -0.39 is 0 Å². The van der Waals surface area contributed by atoms with Gasteiger partial charge in [0.15, 0.2) is 0 Å². The molecule has 1 aromatic carbocycles.